The number of carboxylic acid groups (broad SMARTS) is 1. The van der Waals surface area contributed by atoms with Crippen molar-refractivity contribution in [2.45, 2.75) is 25.3 Å². The highest BCUT2D eigenvalue weighted by Gasteiger charge is 2.40. The normalized spacial score (nSPS) is 17.5. The molecule has 0 radical (unpaired) electrons. The topological polar surface area (TPSA) is 82.4 Å². The number of hydrogen-bond donors (Lipinski definition) is 2. The van der Waals surface area contributed by atoms with Gasteiger partial charge in [0.1, 0.15) is 11.6 Å². The molecule has 1 aromatic carbocycles. The van der Waals surface area contributed by atoms with Crippen molar-refractivity contribution in [3.63, 3.8) is 0 Å². The number of benzene rings is 1. The van der Waals surface area contributed by atoms with Crippen molar-refractivity contribution in [2.24, 2.45) is 0 Å². The van der Waals surface area contributed by atoms with Crippen LogP contribution in [0.4, 0.5) is 5.69 Å². The van der Waals surface area contributed by atoms with Gasteiger partial charge in [-0.15, -0.1) is 0 Å². The molecule has 1 heterocycles. The highest BCUT2D eigenvalue weighted by Crippen LogP contribution is 2.30. The highest BCUT2D eigenvalue weighted by atomic mass is 16.5. The van der Waals surface area contributed by atoms with Gasteiger partial charge in [0.25, 0.3) is 0 Å². The quantitative estimate of drug-likeness (QED) is 0.867. The van der Waals surface area contributed by atoms with E-state index in [4.69, 9.17) is 10.00 Å². The summed E-state index contributed by atoms with van der Waals surface area (Å²) in [5.41, 5.74) is 0.892. The Hall–Kier alpha value is -2.06. The van der Waals surface area contributed by atoms with E-state index in [-0.39, 0.29) is 0 Å². The summed E-state index contributed by atoms with van der Waals surface area (Å²) >= 11 is 0. The van der Waals surface area contributed by atoms with Crippen molar-refractivity contribution < 1.29 is 14.6 Å². The summed E-state index contributed by atoms with van der Waals surface area (Å²) in [5, 5.41) is 21.7. The van der Waals surface area contributed by atoms with E-state index < -0.39 is 11.5 Å². The first kappa shape index (κ1) is 13.4. The molecule has 0 spiro atoms. The monoisotopic (exact) mass is 260 g/mol. The lowest BCUT2D eigenvalue weighted by Crippen LogP contribution is -2.50. The van der Waals surface area contributed by atoms with Crippen LogP contribution in [0, 0.1) is 18.3 Å². The molecule has 0 amide bonds. The van der Waals surface area contributed by atoms with Crippen LogP contribution in [0.2, 0.25) is 0 Å². The molecule has 0 aliphatic carbocycles. The van der Waals surface area contributed by atoms with Crippen molar-refractivity contribution in [2.75, 3.05) is 18.5 Å². The number of para-hydroxylation sites is 1. The number of ether oxygens (including phenoxy) is 1. The molecule has 0 saturated carbocycles. The summed E-state index contributed by atoms with van der Waals surface area (Å²) in [6, 6.07) is 7.43. The van der Waals surface area contributed by atoms with Crippen molar-refractivity contribution in [1.82, 2.24) is 0 Å². The van der Waals surface area contributed by atoms with Gasteiger partial charge in [0.15, 0.2) is 0 Å². The van der Waals surface area contributed by atoms with Crippen LogP contribution in [-0.2, 0) is 9.53 Å². The maximum atomic E-state index is 11.6. The minimum absolute atomic E-state index is 0.390. The lowest BCUT2D eigenvalue weighted by molar-refractivity contribution is -0.145. The molecule has 0 atom stereocenters. The lowest BCUT2D eigenvalue weighted by Gasteiger charge is -2.35. The van der Waals surface area contributed by atoms with Crippen LogP contribution in [0.5, 0.6) is 0 Å². The number of rotatable bonds is 3. The van der Waals surface area contributed by atoms with Gasteiger partial charge in [0.05, 0.1) is 11.3 Å². The molecular formula is C14H16N2O3. The van der Waals surface area contributed by atoms with Crippen LogP contribution in [0.15, 0.2) is 18.2 Å². The molecule has 1 fully saturated rings. The van der Waals surface area contributed by atoms with Crippen LogP contribution in [-0.4, -0.2) is 29.8 Å². The fourth-order valence-corrected chi connectivity index (χ4v) is 2.28. The zero-order chi connectivity index (χ0) is 13.9. The van der Waals surface area contributed by atoms with Crippen molar-refractivity contribution in [3.8, 4) is 6.07 Å². The van der Waals surface area contributed by atoms with E-state index in [1.807, 2.05) is 13.0 Å². The molecular weight excluding hydrogens is 244 g/mol. The molecule has 1 aliphatic rings. The average molecular weight is 260 g/mol. The molecule has 2 N–H and O–H groups in total. The number of carbonyl (C=O) groups is 1. The number of nitrogens with one attached hydrogen (secondary N) is 1. The molecule has 5 nitrogen and oxygen atoms in total. The van der Waals surface area contributed by atoms with E-state index in [0.29, 0.717) is 37.3 Å². The van der Waals surface area contributed by atoms with Gasteiger partial charge < -0.3 is 15.2 Å². The van der Waals surface area contributed by atoms with Crippen LogP contribution >= 0.6 is 0 Å². The van der Waals surface area contributed by atoms with Crippen LogP contribution < -0.4 is 5.32 Å². The second-order valence-electron chi connectivity index (χ2n) is 4.73. The Morgan fingerprint density at radius 2 is 2.16 bits per heavy atom. The Balaban J connectivity index is 2.38. The number of aliphatic carboxylic acids is 1. The lowest BCUT2D eigenvalue weighted by atomic mass is 9.89. The largest absolute Gasteiger partial charge is 0.480 e. The predicted octanol–water partition coefficient (Wildman–Crippen LogP) is 1.91. The highest BCUT2D eigenvalue weighted by molar-refractivity contribution is 5.84. The molecule has 0 aromatic heterocycles. The number of nitrogens with zero attached hydrogens (tertiary/aromatic N) is 1. The molecule has 1 saturated heterocycles. The summed E-state index contributed by atoms with van der Waals surface area (Å²) in [4.78, 5) is 11.6. The summed E-state index contributed by atoms with van der Waals surface area (Å²) in [5.74, 6) is -0.900. The van der Waals surface area contributed by atoms with Gasteiger partial charge in [0, 0.05) is 26.1 Å². The summed E-state index contributed by atoms with van der Waals surface area (Å²) < 4.78 is 5.23. The van der Waals surface area contributed by atoms with E-state index in [1.165, 1.54) is 0 Å². The fraction of sp³-hybridized carbons (Fsp3) is 0.429. The van der Waals surface area contributed by atoms with Gasteiger partial charge in [-0.05, 0) is 18.6 Å². The number of hydrogen-bond acceptors (Lipinski definition) is 4. The molecule has 100 valence electrons. The van der Waals surface area contributed by atoms with Gasteiger partial charge in [-0.2, -0.15) is 5.26 Å². The Kier molecular flexibility index (Phi) is 3.72. The Bertz CT molecular complexity index is 528. The van der Waals surface area contributed by atoms with Crippen LogP contribution in [0.3, 0.4) is 0 Å². The Morgan fingerprint density at radius 1 is 1.47 bits per heavy atom. The summed E-state index contributed by atoms with van der Waals surface area (Å²) in [7, 11) is 0. The maximum Gasteiger partial charge on any atom is 0.329 e. The van der Waals surface area contributed by atoms with Crippen LogP contribution in [0.1, 0.15) is 24.0 Å². The maximum absolute atomic E-state index is 11.6. The molecule has 1 aliphatic heterocycles. The number of anilines is 1. The summed E-state index contributed by atoms with van der Waals surface area (Å²) in [6.07, 6.45) is 0.781. The first-order valence-corrected chi connectivity index (χ1v) is 6.18. The van der Waals surface area contributed by atoms with Crippen molar-refractivity contribution >= 4 is 11.7 Å². The van der Waals surface area contributed by atoms with E-state index in [1.54, 1.807) is 12.1 Å². The molecule has 0 unspecified atom stereocenters. The Labute approximate surface area is 111 Å². The smallest absolute Gasteiger partial charge is 0.329 e. The minimum atomic E-state index is -1.05. The number of carboxylic acids is 1. The first-order chi connectivity index (χ1) is 9.09. The van der Waals surface area contributed by atoms with Gasteiger partial charge in [-0.1, -0.05) is 12.1 Å². The second-order valence-corrected chi connectivity index (χ2v) is 4.73. The second kappa shape index (κ2) is 5.29. The van der Waals surface area contributed by atoms with Crippen molar-refractivity contribution in [1.29, 1.82) is 5.26 Å². The Morgan fingerprint density at radius 3 is 2.74 bits per heavy atom. The minimum Gasteiger partial charge on any atom is -0.480 e. The van der Waals surface area contributed by atoms with E-state index in [9.17, 15) is 9.90 Å². The molecule has 19 heavy (non-hydrogen) atoms. The fourth-order valence-electron chi connectivity index (χ4n) is 2.28. The van der Waals surface area contributed by atoms with Gasteiger partial charge in [0.2, 0.25) is 0 Å². The third kappa shape index (κ3) is 2.54. The zero-order valence-electron chi connectivity index (χ0n) is 10.8. The molecule has 0 bridgehead atoms. The zero-order valence-corrected chi connectivity index (χ0v) is 10.8. The van der Waals surface area contributed by atoms with E-state index in [0.717, 1.165) is 5.56 Å². The van der Waals surface area contributed by atoms with Gasteiger partial charge >= 0.3 is 5.97 Å². The van der Waals surface area contributed by atoms with Gasteiger partial charge in [-0.25, -0.2) is 4.79 Å². The summed E-state index contributed by atoms with van der Waals surface area (Å²) in [6.45, 7) is 2.68. The standard InChI is InChI=1S/C14H16N2O3/c1-10-3-2-4-11(9-15)12(10)16-14(13(17)18)5-7-19-8-6-14/h2-4,16H,5-8H2,1H3,(H,17,18). The molecule has 1 aromatic rings. The van der Waals surface area contributed by atoms with E-state index >= 15 is 0 Å². The third-order valence-electron chi connectivity index (χ3n) is 3.51. The predicted molar refractivity (Wildman–Crippen MR) is 69.9 cm³/mol. The van der Waals surface area contributed by atoms with Crippen molar-refractivity contribution in [3.05, 3.63) is 29.3 Å². The number of aryl methyl sites for hydroxylation is 1. The first-order valence-electron chi connectivity index (χ1n) is 6.18. The SMILES string of the molecule is Cc1cccc(C#N)c1NC1(C(=O)O)CCOCC1. The molecule has 2 rings (SSSR count). The number of nitriles is 1. The average Bonchev–Trinajstić information content (AvgIpc) is 2.42. The van der Waals surface area contributed by atoms with Crippen LogP contribution in [0.25, 0.3) is 0 Å². The molecule has 5 heteroatoms. The third-order valence-corrected chi connectivity index (χ3v) is 3.51. The van der Waals surface area contributed by atoms with E-state index in [2.05, 4.69) is 11.4 Å². The van der Waals surface area contributed by atoms with Gasteiger partial charge in [-0.3, -0.25) is 0 Å².